The molecule has 2 aromatic rings. The van der Waals surface area contributed by atoms with Crippen molar-refractivity contribution in [2.75, 3.05) is 0 Å². The molecule has 1 atom stereocenters. The van der Waals surface area contributed by atoms with Gasteiger partial charge in [-0.3, -0.25) is 0 Å². The maximum atomic E-state index is 13.4. The zero-order valence-electron chi connectivity index (χ0n) is 14.7. The second-order valence-electron chi connectivity index (χ2n) is 7.45. The third-order valence-electron chi connectivity index (χ3n) is 5.10. The first-order valence-electron chi connectivity index (χ1n) is 8.41. The molecule has 0 saturated carbocycles. The molecule has 0 spiro atoms. The van der Waals surface area contributed by atoms with Crippen LogP contribution in [0.5, 0.6) is 0 Å². The summed E-state index contributed by atoms with van der Waals surface area (Å²) >= 11 is 5.91. The Morgan fingerprint density at radius 2 is 1.96 bits per heavy atom. The van der Waals surface area contributed by atoms with Gasteiger partial charge in [0.15, 0.2) is 5.60 Å². The van der Waals surface area contributed by atoms with Gasteiger partial charge in [-0.25, -0.2) is 4.39 Å². The van der Waals surface area contributed by atoms with E-state index in [1.54, 1.807) is 12.1 Å². The van der Waals surface area contributed by atoms with E-state index in [4.69, 9.17) is 21.1 Å². The van der Waals surface area contributed by atoms with Crippen LogP contribution in [0.3, 0.4) is 0 Å². The SMILES string of the molecule is CC1(C)OB(O)c2ccc(C3=NOC(C)(c4ccc(F)c(Cl)c4)C3)cc21. The molecule has 4 nitrogen and oxygen atoms in total. The fourth-order valence-electron chi connectivity index (χ4n) is 3.55. The van der Waals surface area contributed by atoms with Crippen molar-refractivity contribution < 1.29 is 18.9 Å². The highest BCUT2D eigenvalue weighted by atomic mass is 35.5. The van der Waals surface area contributed by atoms with Gasteiger partial charge in [0, 0.05) is 6.42 Å². The molecule has 1 unspecified atom stereocenters. The van der Waals surface area contributed by atoms with Crippen molar-refractivity contribution in [1.82, 2.24) is 0 Å². The fourth-order valence-corrected chi connectivity index (χ4v) is 3.73. The van der Waals surface area contributed by atoms with E-state index < -0.39 is 24.1 Å². The summed E-state index contributed by atoms with van der Waals surface area (Å²) in [6.07, 6.45) is 0.525. The average molecular weight is 374 g/mol. The second-order valence-corrected chi connectivity index (χ2v) is 7.86. The summed E-state index contributed by atoms with van der Waals surface area (Å²) in [5.41, 5.74) is 2.88. The van der Waals surface area contributed by atoms with Crippen molar-refractivity contribution in [2.24, 2.45) is 5.16 Å². The minimum absolute atomic E-state index is 0.0613. The van der Waals surface area contributed by atoms with E-state index in [1.807, 2.05) is 39.0 Å². The highest BCUT2D eigenvalue weighted by molar-refractivity contribution is 6.62. The van der Waals surface area contributed by atoms with Crippen LogP contribution in [0.25, 0.3) is 0 Å². The lowest BCUT2D eigenvalue weighted by Gasteiger charge is -2.22. The largest absolute Gasteiger partial charge is 0.492 e. The third kappa shape index (κ3) is 2.73. The van der Waals surface area contributed by atoms with Crippen molar-refractivity contribution >= 4 is 29.9 Å². The summed E-state index contributed by atoms with van der Waals surface area (Å²) in [6.45, 7) is 5.74. The van der Waals surface area contributed by atoms with Crippen LogP contribution in [-0.4, -0.2) is 17.9 Å². The molecule has 0 radical (unpaired) electrons. The second kappa shape index (κ2) is 5.81. The Balaban J connectivity index is 1.64. The maximum absolute atomic E-state index is 13.4. The van der Waals surface area contributed by atoms with Crippen LogP contribution in [0.2, 0.25) is 5.02 Å². The zero-order valence-corrected chi connectivity index (χ0v) is 15.5. The molecule has 7 heteroatoms. The molecule has 26 heavy (non-hydrogen) atoms. The quantitative estimate of drug-likeness (QED) is 0.820. The number of nitrogens with zero attached hydrogens (tertiary/aromatic N) is 1. The first-order valence-corrected chi connectivity index (χ1v) is 8.79. The molecule has 2 aliphatic heterocycles. The zero-order chi connectivity index (χ0) is 18.7. The highest BCUT2D eigenvalue weighted by Gasteiger charge is 2.42. The van der Waals surface area contributed by atoms with Crippen LogP contribution in [0.1, 0.15) is 43.9 Å². The van der Waals surface area contributed by atoms with Gasteiger partial charge in [0.05, 0.1) is 16.3 Å². The van der Waals surface area contributed by atoms with Gasteiger partial charge in [0.2, 0.25) is 0 Å². The number of hydrogen-bond donors (Lipinski definition) is 1. The molecule has 0 aromatic heterocycles. The number of hydrogen-bond acceptors (Lipinski definition) is 4. The minimum Gasteiger partial charge on any atom is -0.423 e. The van der Waals surface area contributed by atoms with Gasteiger partial charge in [-0.1, -0.05) is 35.0 Å². The van der Waals surface area contributed by atoms with Crippen LogP contribution in [0.4, 0.5) is 4.39 Å². The summed E-state index contributed by atoms with van der Waals surface area (Å²) in [4.78, 5) is 5.71. The van der Waals surface area contributed by atoms with Crippen LogP contribution in [0, 0.1) is 5.82 Å². The minimum atomic E-state index is -0.914. The van der Waals surface area contributed by atoms with E-state index in [1.165, 1.54) is 6.07 Å². The summed E-state index contributed by atoms with van der Waals surface area (Å²) in [5.74, 6) is -0.461. The predicted octanol–water partition coefficient (Wildman–Crippen LogP) is 3.47. The maximum Gasteiger partial charge on any atom is 0.492 e. The smallest absolute Gasteiger partial charge is 0.423 e. The van der Waals surface area contributed by atoms with Crippen LogP contribution in [0.15, 0.2) is 41.6 Å². The Bertz CT molecular complexity index is 933. The van der Waals surface area contributed by atoms with Gasteiger partial charge >= 0.3 is 7.12 Å². The van der Waals surface area contributed by atoms with Gasteiger partial charge in [-0.15, -0.1) is 0 Å². The van der Waals surface area contributed by atoms with Crippen molar-refractivity contribution in [1.29, 1.82) is 0 Å². The number of benzene rings is 2. The Kier molecular flexibility index (Phi) is 3.92. The molecular formula is C19H18BClFNO3. The van der Waals surface area contributed by atoms with E-state index in [-0.39, 0.29) is 5.02 Å². The van der Waals surface area contributed by atoms with Crippen molar-refractivity contribution in [3.8, 4) is 0 Å². The van der Waals surface area contributed by atoms with E-state index in [2.05, 4.69) is 5.16 Å². The van der Waals surface area contributed by atoms with Crippen LogP contribution < -0.4 is 5.46 Å². The van der Waals surface area contributed by atoms with Crippen molar-refractivity contribution in [3.63, 3.8) is 0 Å². The predicted molar refractivity (Wildman–Crippen MR) is 99.2 cm³/mol. The van der Waals surface area contributed by atoms with E-state index in [9.17, 15) is 9.41 Å². The molecule has 134 valence electrons. The van der Waals surface area contributed by atoms with Gasteiger partial charge < -0.3 is 14.5 Å². The van der Waals surface area contributed by atoms with Gasteiger partial charge in [-0.2, -0.15) is 0 Å². The molecule has 2 aliphatic rings. The molecular weight excluding hydrogens is 355 g/mol. The third-order valence-corrected chi connectivity index (χ3v) is 5.39. The first-order chi connectivity index (χ1) is 12.2. The summed E-state index contributed by atoms with van der Waals surface area (Å²) in [7, 11) is -0.914. The van der Waals surface area contributed by atoms with E-state index >= 15 is 0 Å². The monoisotopic (exact) mass is 373 g/mol. The molecule has 1 N–H and O–H groups in total. The summed E-state index contributed by atoms with van der Waals surface area (Å²) in [6, 6.07) is 10.3. The Morgan fingerprint density at radius 3 is 2.69 bits per heavy atom. The molecule has 2 aromatic carbocycles. The summed E-state index contributed by atoms with van der Waals surface area (Å²) in [5, 5.41) is 14.4. The average Bonchev–Trinajstić information content (AvgIpc) is 3.09. The number of fused-ring (bicyclic) bond motifs is 1. The molecule has 0 fully saturated rings. The Morgan fingerprint density at radius 1 is 1.19 bits per heavy atom. The van der Waals surface area contributed by atoms with E-state index in [0.29, 0.717) is 6.42 Å². The molecule has 2 heterocycles. The molecule has 0 amide bonds. The normalized spacial score (nSPS) is 23.6. The van der Waals surface area contributed by atoms with Gasteiger partial charge in [0.25, 0.3) is 0 Å². The highest BCUT2D eigenvalue weighted by Crippen LogP contribution is 2.38. The van der Waals surface area contributed by atoms with Crippen molar-refractivity contribution in [3.05, 3.63) is 63.9 Å². The first kappa shape index (κ1) is 17.5. The van der Waals surface area contributed by atoms with E-state index in [0.717, 1.165) is 27.9 Å². The fraction of sp³-hybridized carbons (Fsp3) is 0.316. The number of rotatable bonds is 2. The Labute approximate surface area is 156 Å². The lowest BCUT2D eigenvalue weighted by Crippen LogP contribution is -2.28. The van der Waals surface area contributed by atoms with Crippen LogP contribution >= 0.6 is 11.6 Å². The Hall–Kier alpha value is -1.89. The molecule has 0 aliphatic carbocycles. The topological polar surface area (TPSA) is 51.0 Å². The molecule has 0 bridgehead atoms. The molecule has 0 saturated heterocycles. The standard InChI is InChI=1S/C19H18BClFNO3/c1-18(2)13-8-11(4-6-14(13)20(24)25-18)17-10-19(3,26-23-17)12-5-7-16(22)15(21)9-12/h4-9,24H,10H2,1-3H3. The van der Waals surface area contributed by atoms with Crippen molar-refractivity contribution in [2.45, 2.75) is 38.4 Å². The molecule has 4 rings (SSSR count). The van der Waals surface area contributed by atoms with Gasteiger partial charge in [0.1, 0.15) is 5.82 Å². The number of oxime groups is 1. The van der Waals surface area contributed by atoms with Gasteiger partial charge in [-0.05, 0) is 61.1 Å². The summed E-state index contributed by atoms with van der Waals surface area (Å²) < 4.78 is 19.1. The van der Waals surface area contributed by atoms with Crippen LogP contribution in [-0.2, 0) is 20.7 Å². The lowest BCUT2D eigenvalue weighted by molar-refractivity contribution is -0.00742. The number of halogens is 2. The lowest BCUT2D eigenvalue weighted by atomic mass is 9.77.